The molecule has 1 amide bonds. The van der Waals surface area contributed by atoms with E-state index in [4.69, 9.17) is 4.74 Å². The molecular weight excluding hydrogens is 446 g/mol. The van der Waals surface area contributed by atoms with E-state index in [1.807, 2.05) is 49.4 Å². The fraction of sp³-hybridized carbons (Fsp3) is 0.231. The van der Waals surface area contributed by atoms with E-state index < -0.39 is 0 Å². The van der Waals surface area contributed by atoms with E-state index in [2.05, 4.69) is 20.4 Å². The van der Waals surface area contributed by atoms with Crippen molar-refractivity contribution in [1.29, 1.82) is 0 Å². The molecule has 2 heterocycles. The summed E-state index contributed by atoms with van der Waals surface area (Å²) in [5.41, 5.74) is 4.26. The van der Waals surface area contributed by atoms with Crippen LogP contribution >= 0.6 is 0 Å². The third-order valence-corrected chi connectivity index (χ3v) is 5.65. The maximum absolute atomic E-state index is 12.8. The Balaban J connectivity index is 1.54. The van der Waals surface area contributed by atoms with Crippen LogP contribution in [0, 0.1) is 6.92 Å². The van der Waals surface area contributed by atoms with Gasteiger partial charge in [0.15, 0.2) is 5.78 Å². The summed E-state index contributed by atoms with van der Waals surface area (Å²) < 4.78 is 6.27. The molecule has 2 aromatic heterocycles. The predicted octanol–water partition coefficient (Wildman–Crippen LogP) is 3.04. The largest absolute Gasteiger partial charge is 0.469 e. The topological polar surface area (TPSA) is 116 Å². The predicted molar refractivity (Wildman–Crippen MR) is 130 cm³/mol. The Morgan fingerprint density at radius 3 is 2.40 bits per heavy atom. The number of hydrogen-bond donors (Lipinski definition) is 1. The number of carbonyl (C=O) groups excluding carboxylic acids is 3. The lowest BCUT2D eigenvalue weighted by molar-refractivity contribution is -0.139. The zero-order valence-electron chi connectivity index (χ0n) is 19.7. The molecular formula is C26H25N5O4. The van der Waals surface area contributed by atoms with Gasteiger partial charge in [-0.25, -0.2) is 9.97 Å². The highest BCUT2D eigenvalue weighted by molar-refractivity contribution is 6.06. The molecule has 4 aromatic rings. The van der Waals surface area contributed by atoms with E-state index in [0.29, 0.717) is 22.4 Å². The van der Waals surface area contributed by atoms with Crippen LogP contribution in [-0.4, -0.2) is 44.5 Å². The molecule has 0 unspecified atom stereocenters. The quantitative estimate of drug-likeness (QED) is 0.310. The van der Waals surface area contributed by atoms with Crippen LogP contribution in [0.3, 0.4) is 0 Å². The van der Waals surface area contributed by atoms with Crippen molar-refractivity contribution in [2.24, 2.45) is 0 Å². The Kier molecular flexibility index (Phi) is 6.96. The molecule has 0 aliphatic rings. The van der Waals surface area contributed by atoms with Crippen LogP contribution in [0.1, 0.15) is 34.4 Å². The first-order valence-electron chi connectivity index (χ1n) is 11.1. The van der Waals surface area contributed by atoms with Gasteiger partial charge >= 0.3 is 5.97 Å². The Hall–Kier alpha value is -4.40. The molecule has 0 bridgehead atoms. The van der Waals surface area contributed by atoms with Crippen LogP contribution < -0.4 is 5.32 Å². The van der Waals surface area contributed by atoms with Gasteiger partial charge in [-0.1, -0.05) is 30.3 Å². The van der Waals surface area contributed by atoms with Gasteiger partial charge in [0.25, 0.3) is 0 Å². The summed E-state index contributed by atoms with van der Waals surface area (Å²) in [6, 6.07) is 13.0. The van der Waals surface area contributed by atoms with Crippen molar-refractivity contribution in [3.63, 3.8) is 0 Å². The number of benzene rings is 2. The third kappa shape index (κ3) is 5.40. The van der Waals surface area contributed by atoms with Crippen molar-refractivity contribution in [1.82, 2.24) is 25.1 Å². The van der Waals surface area contributed by atoms with E-state index in [-0.39, 0.29) is 37.2 Å². The van der Waals surface area contributed by atoms with E-state index in [0.717, 1.165) is 22.3 Å². The number of fused-ring (bicyclic) bond motifs is 1. The highest BCUT2D eigenvalue weighted by Crippen LogP contribution is 2.26. The molecule has 9 nitrogen and oxygen atoms in total. The number of rotatable bonds is 8. The number of Topliss-reactive ketones (excluding diaryl/α,β-unsaturated/α-hetero) is 1. The van der Waals surface area contributed by atoms with Gasteiger partial charge in [0.1, 0.15) is 18.1 Å². The number of ketones is 1. The molecule has 0 aliphatic carbocycles. The molecule has 0 spiro atoms. The zero-order chi connectivity index (χ0) is 24.9. The normalized spacial score (nSPS) is 10.8. The van der Waals surface area contributed by atoms with Gasteiger partial charge < -0.3 is 10.1 Å². The average molecular weight is 472 g/mol. The number of methoxy groups -OCH3 is 1. The minimum Gasteiger partial charge on any atom is -0.469 e. The monoisotopic (exact) mass is 471 g/mol. The van der Waals surface area contributed by atoms with E-state index in [1.165, 1.54) is 18.7 Å². The summed E-state index contributed by atoms with van der Waals surface area (Å²) in [5.74, 6) is -0.136. The lowest BCUT2D eigenvalue weighted by Gasteiger charge is -2.10. The van der Waals surface area contributed by atoms with E-state index >= 15 is 0 Å². The molecule has 1 N–H and O–H groups in total. The van der Waals surface area contributed by atoms with Crippen molar-refractivity contribution in [2.45, 2.75) is 33.4 Å². The molecule has 0 saturated heterocycles. The Bertz CT molecular complexity index is 1410. The van der Waals surface area contributed by atoms with Crippen molar-refractivity contribution < 1.29 is 19.1 Å². The summed E-state index contributed by atoms with van der Waals surface area (Å²) in [5, 5.41) is 7.95. The van der Waals surface area contributed by atoms with Gasteiger partial charge in [-0.05, 0) is 35.7 Å². The first-order valence-corrected chi connectivity index (χ1v) is 11.1. The zero-order valence-corrected chi connectivity index (χ0v) is 19.7. The molecule has 9 heteroatoms. The Labute approximate surface area is 202 Å². The van der Waals surface area contributed by atoms with Gasteiger partial charge in [0.05, 0.1) is 19.0 Å². The molecule has 0 atom stereocenters. The second-order valence-corrected chi connectivity index (χ2v) is 8.11. The molecule has 2 aromatic carbocycles. The van der Waals surface area contributed by atoms with E-state index in [9.17, 15) is 14.4 Å². The summed E-state index contributed by atoms with van der Waals surface area (Å²) in [6.07, 6.45) is 3.59. The van der Waals surface area contributed by atoms with Gasteiger partial charge in [-0.3, -0.25) is 19.1 Å². The summed E-state index contributed by atoms with van der Waals surface area (Å²) in [6.45, 7) is 3.46. The van der Waals surface area contributed by atoms with Crippen molar-refractivity contribution in [3.05, 3.63) is 77.5 Å². The number of esters is 1. The fourth-order valence-electron chi connectivity index (χ4n) is 3.80. The van der Waals surface area contributed by atoms with Crippen molar-refractivity contribution in [3.8, 4) is 11.1 Å². The molecule has 4 rings (SSSR count). The first kappa shape index (κ1) is 23.7. The summed E-state index contributed by atoms with van der Waals surface area (Å²) >= 11 is 0. The van der Waals surface area contributed by atoms with Crippen LogP contribution in [0.2, 0.25) is 0 Å². The van der Waals surface area contributed by atoms with Crippen LogP contribution in [0.5, 0.6) is 0 Å². The van der Waals surface area contributed by atoms with Crippen LogP contribution in [-0.2, 0) is 33.8 Å². The highest BCUT2D eigenvalue weighted by Gasteiger charge is 2.17. The summed E-state index contributed by atoms with van der Waals surface area (Å²) in [7, 11) is 1.34. The number of nitrogens with one attached hydrogen (secondary N) is 1. The number of aryl methyl sites for hydroxylation is 1. The SMILES string of the molecule is COC(=O)Cc1ccccc1CNC(=O)Cn1nc(C(C)=O)c2cc(-c3cnc(C)nc3)ccc21. The average Bonchev–Trinajstić information content (AvgIpc) is 3.21. The molecule has 0 radical (unpaired) electrons. The fourth-order valence-corrected chi connectivity index (χ4v) is 3.80. The molecule has 0 fully saturated rings. The second kappa shape index (κ2) is 10.3. The number of amides is 1. The van der Waals surface area contributed by atoms with Crippen molar-refractivity contribution in [2.75, 3.05) is 7.11 Å². The van der Waals surface area contributed by atoms with Crippen LogP contribution in [0.25, 0.3) is 22.0 Å². The van der Waals surface area contributed by atoms with Crippen molar-refractivity contribution >= 4 is 28.6 Å². The number of aromatic nitrogens is 4. The van der Waals surface area contributed by atoms with Gasteiger partial charge in [0.2, 0.25) is 5.91 Å². The minimum atomic E-state index is -0.347. The number of carbonyl (C=O) groups is 3. The Morgan fingerprint density at radius 1 is 1.00 bits per heavy atom. The lowest BCUT2D eigenvalue weighted by atomic mass is 10.0. The third-order valence-electron chi connectivity index (χ3n) is 5.65. The van der Waals surface area contributed by atoms with Gasteiger partial charge in [-0.15, -0.1) is 0 Å². The van der Waals surface area contributed by atoms with Crippen LogP contribution in [0.15, 0.2) is 54.9 Å². The smallest absolute Gasteiger partial charge is 0.309 e. The van der Waals surface area contributed by atoms with Gasteiger partial charge in [-0.2, -0.15) is 5.10 Å². The molecule has 35 heavy (non-hydrogen) atoms. The first-order chi connectivity index (χ1) is 16.9. The van der Waals surface area contributed by atoms with E-state index in [1.54, 1.807) is 12.4 Å². The highest BCUT2D eigenvalue weighted by atomic mass is 16.5. The Morgan fingerprint density at radius 2 is 1.71 bits per heavy atom. The maximum Gasteiger partial charge on any atom is 0.309 e. The van der Waals surface area contributed by atoms with Gasteiger partial charge in [0, 0.05) is 36.8 Å². The summed E-state index contributed by atoms with van der Waals surface area (Å²) in [4.78, 5) is 45.2. The number of hydrogen-bond acceptors (Lipinski definition) is 7. The second-order valence-electron chi connectivity index (χ2n) is 8.11. The molecule has 0 saturated carbocycles. The number of ether oxygens (including phenoxy) is 1. The molecule has 0 aliphatic heterocycles. The standard InChI is InChI=1S/C26H25N5O4/c1-16(32)26-22-10-19(21-13-27-17(2)28-14-21)8-9-23(22)31(30-26)15-24(33)29-12-20-7-5-4-6-18(20)11-25(34)35-3/h4-10,13-14H,11-12,15H2,1-3H3,(H,29,33). The maximum atomic E-state index is 12.8. The lowest BCUT2D eigenvalue weighted by Crippen LogP contribution is -2.28. The molecule has 178 valence electrons. The van der Waals surface area contributed by atoms with Crippen LogP contribution in [0.4, 0.5) is 0 Å². The number of nitrogens with zero attached hydrogens (tertiary/aromatic N) is 4. The minimum absolute atomic E-state index is 0.0596.